The Morgan fingerprint density at radius 3 is 2.34 bits per heavy atom. The van der Waals surface area contributed by atoms with Gasteiger partial charge in [0.1, 0.15) is 5.75 Å². The lowest BCUT2D eigenvalue weighted by molar-refractivity contribution is -0.120. The molecule has 0 aliphatic carbocycles. The molecule has 1 aliphatic heterocycles. The maximum absolute atomic E-state index is 13.2. The van der Waals surface area contributed by atoms with Gasteiger partial charge in [-0.25, -0.2) is 18.4 Å². The number of aromatic nitrogens is 2. The van der Waals surface area contributed by atoms with Crippen LogP contribution in [0, 0.1) is 5.92 Å². The number of aromatic hydroxyl groups is 1. The molecule has 8 nitrogen and oxygen atoms in total. The number of sulfonamides is 1. The molecule has 4 aromatic rings. The summed E-state index contributed by atoms with van der Waals surface area (Å²) in [6.45, 7) is 0.556. The molecule has 5 rings (SSSR count). The quantitative estimate of drug-likeness (QED) is 0.438. The third-order valence-corrected chi connectivity index (χ3v) is 8.10. The normalized spacial score (nSPS) is 15.2. The number of hydrogen-bond acceptors (Lipinski definition) is 6. The fraction of sp³-hybridized carbons (Fsp3) is 0.192. The molecule has 35 heavy (non-hydrogen) atoms. The number of carbonyl (C=O) groups is 1. The molecule has 9 heteroatoms. The zero-order valence-electron chi connectivity index (χ0n) is 18.8. The molecule has 0 radical (unpaired) electrons. The van der Waals surface area contributed by atoms with Crippen molar-refractivity contribution in [3.63, 3.8) is 0 Å². The van der Waals surface area contributed by atoms with Crippen molar-refractivity contribution in [2.45, 2.75) is 17.7 Å². The first-order valence-electron chi connectivity index (χ1n) is 11.3. The third kappa shape index (κ3) is 4.87. The van der Waals surface area contributed by atoms with E-state index in [1.165, 1.54) is 16.7 Å². The van der Waals surface area contributed by atoms with Crippen LogP contribution in [0.1, 0.15) is 12.8 Å². The fourth-order valence-electron chi connectivity index (χ4n) is 4.27. The number of piperidine rings is 1. The smallest absolute Gasteiger partial charge is 0.243 e. The first kappa shape index (κ1) is 22.9. The second-order valence-electron chi connectivity index (χ2n) is 8.52. The molecule has 0 saturated carbocycles. The average molecular weight is 489 g/mol. The number of nitrogens with zero attached hydrogens (tertiary/aromatic N) is 3. The van der Waals surface area contributed by atoms with Crippen LogP contribution < -0.4 is 5.32 Å². The number of benzene rings is 3. The second-order valence-corrected chi connectivity index (χ2v) is 10.5. The summed E-state index contributed by atoms with van der Waals surface area (Å²) in [5.74, 6) is 0.0776. The minimum Gasteiger partial charge on any atom is -0.508 e. The molecule has 1 fully saturated rings. The molecule has 0 spiro atoms. The minimum atomic E-state index is -3.63. The van der Waals surface area contributed by atoms with E-state index in [-0.39, 0.29) is 35.6 Å². The van der Waals surface area contributed by atoms with E-state index in [9.17, 15) is 18.3 Å². The molecule has 1 saturated heterocycles. The molecule has 0 atom stereocenters. The molecule has 1 aliphatic rings. The molecular formula is C26H24N4O4S. The molecule has 178 valence electrons. The highest BCUT2D eigenvalue weighted by atomic mass is 32.2. The second kappa shape index (κ2) is 9.44. The van der Waals surface area contributed by atoms with Crippen LogP contribution in [0.25, 0.3) is 22.2 Å². The Kier molecular flexibility index (Phi) is 6.19. The zero-order chi connectivity index (χ0) is 24.4. The Bertz CT molecular complexity index is 1480. The van der Waals surface area contributed by atoms with E-state index in [1.807, 2.05) is 30.3 Å². The molecule has 2 heterocycles. The van der Waals surface area contributed by atoms with Gasteiger partial charge in [0.2, 0.25) is 15.9 Å². The van der Waals surface area contributed by atoms with Crippen LogP contribution in [0.15, 0.2) is 84.0 Å². The lowest BCUT2D eigenvalue weighted by Crippen LogP contribution is -2.41. The predicted octanol–water partition coefficient (Wildman–Crippen LogP) is 4.04. The number of carbonyl (C=O) groups excluding carboxylic acids is 1. The van der Waals surface area contributed by atoms with Crippen molar-refractivity contribution in [1.29, 1.82) is 0 Å². The Morgan fingerprint density at radius 1 is 0.914 bits per heavy atom. The third-order valence-electron chi connectivity index (χ3n) is 6.21. The average Bonchev–Trinajstić information content (AvgIpc) is 2.89. The molecule has 2 N–H and O–H groups in total. The summed E-state index contributed by atoms with van der Waals surface area (Å²) < 4.78 is 27.8. The van der Waals surface area contributed by atoms with Crippen molar-refractivity contribution in [2.24, 2.45) is 5.92 Å². The fourth-order valence-corrected chi connectivity index (χ4v) is 5.77. The minimum absolute atomic E-state index is 0.123. The van der Waals surface area contributed by atoms with Gasteiger partial charge in [-0.05, 0) is 47.9 Å². The SMILES string of the molecule is O=C(Nc1cnc(-c2cccc(O)c2)nc1)C1CCN(S(=O)(=O)c2ccc3ccccc3c2)CC1. The summed E-state index contributed by atoms with van der Waals surface area (Å²) in [4.78, 5) is 21.6. The van der Waals surface area contributed by atoms with Gasteiger partial charge in [0, 0.05) is 24.6 Å². The van der Waals surface area contributed by atoms with Gasteiger partial charge in [0.05, 0.1) is 23.0 Å². The monoisotopic (exact) mass is 488 g/mol. The maximum Gasteiger partial charge on any atom is 0.243 e. The summed E-state index contributed by atoms with van der Waals surface area (Å²) in [6.07, 6.45) is 3.90. The van der Waals surface area contributed by atoms with E-state index in [2.05, 4.69) is 15.3 Å². The number of phenolic OH excluding ortho intramolecular Hbond substituents is 1. The van der Waals surface area contributed by atoms with Crippen molar-refractivity contribution in [2.75, 3.05) is 18.4 Å². The molecule has 0 bridgehead atoms. The van der Waals surface area contributed by atoms with Gasteiger partial charge < -0.3 is 10.4 Å². The molecule has 1 aromatic heterocycles. The van der Waals surface area contributed by atoms with Gasteiger partial charge >= 0.3 is 0 Å². The van der Waals surface area contributed by atoms with Crippen LogP contribution in [0.5, 0.6) is 5.75 Å². The number of fused-ring (bicyclic) bond motifs is 1. The first-order chi connectivity index (χ1) is 16.9. The van der Waals surface area contributed by atoms with E-state index >= 15 is 0 Å². The Labute approximate surface area is 203 Å². The summed E-state index contributed by atoms with van der Waals surface area (Å²) in [7, 11) is -3.63. The van der Waals surface area contributed by atoms with Gasteiger partial charge in [-0.2, -0.15) is 4.31 Å². The number of hydrogen-bond donors (Lipinski definition) is 2. The van der Waals surface area contributed by atoms with Crippen LogP contribution in [0.3, 0.4) is 0 Å². The largest absolute Gasteiger partial charge is 0.508 e. The standard InChI is InChI=1S/C26H24N4O4S/c31-23-7-3-6-21(14-23)25-27-16-22(17-28-25)29-26(32)19-10-12-30(13-11-19)35(33,34)24-9-8-18-4-1-2-5-20(18)15-24/h1-9,14-17,19,31H,10-13H2,(H,29,32). The molecule has 0 unspecified atom stereocenters. The molecule has 3 aromatic carbocycles. The summed E-state index contributed by atoms with van der Waals surface area (Å²) in [6, 6.07) is 19.4. The van der Waals surface area contributed by atoms with Gasteiger partial charge in [0.15, 0.2) is 5.82 Å². The Balaban J connectivity index is 1.21. The highest BCUT2D eigenvalue weighted by Gasteiger charge is 2.32. The summed E-state index contributed by atoms with van der Waals surface area (Å²) >= 11 is 0. The Hall–Kier alpha value is -3.82. The molecular weight excluding hydrogens is 464 g/mol. The summed E-state index contributed by atoms with van der Waals surface area (Å²) in [5.41, 5.74) is 1.13. The number of amides is 1. The van der Waals surface area contributed by atoms with Crippen LogP contribution >= 0.6 is 0 Å². The number of anilines is 1. The van der Waals surface area contributed by atoms with Crippen molar-refractivity contribution in [1.82, 2.24) is 14.3 Å². The van der Waals surface area contributed by atoms with E-state index < -0.39 is 10.0 Å². The van der Waals surface area contributed by atoms with Crippen molar-refractivity contribution in [3.05, 3.63) is 79.1 Å². The number of nitrogens with one attached hydrogen (secondary N) is 1. The van der Waals surface area contributed by atoms with Crippen molar-refractivity contribution >= 4 is 32.4 Å². The summed E-state index contributed by atoms with van der Waals surface area (Å²) in [5, 5.41) is 14.3. The van der Waals surface area contributed by atoms with E-state index in [0.29, 0.717) is 29.9 Å². The van der Waals surface area contributed by atoms with Crippen molar-refractivity contribution < 1.29 is 18.3 Å². The first-order valence-corrected chi connectivity index (χ1v) is 12.8. The Morgan fingerprint density at radius 2 is 1.63 bits per heavy atom. The molecule has 1 amide bonds. The van der Waals surface area contributed by atoms with Gasteiger partial charge in [-0.1, -0.05) is 42.5 Å². The van der Waals surface area contributed by atoms with Crippen LogP contribution in [-0.4, -0.2) is 46.8 Å². The van der Waals surface area contributed by atoms with E-state index in [0.717, 1.165) is 10.8 Å². The highest BCUT2D eigenvalue weighted by molar-refractivity contribution is 7.89. The van der Waals surface area contributed by atoms with Gasteiger partial charge in [-0.15, -0.1) is 0 Å². The van der Waals surface area contributed by atoms with Gasteiger partial charge in [0.25, 0.3) is 0 Å². The number of rotatable bonds is 5. The van der Waals surface area contributed by atoms with Crippen LogP contribution in [0.2, 0.25) is 0 Å². The highest BCUT2D eigenvalue weighted by Crippen LogP contribution is 2.27. The van der Waals surface area contributed by atoms with Crippen LogP contribution in [-0.2, 0) is 14.8 Å². The predicted molar refractivity (Wildman–Crippen MR) is 133 cm³/mol. The van der Waals surface area contributed by atoms with Gasteiger partial charge in [-0.3, -0.25) is 4.79 Å². The number of phenols is 1. The van der Waals surface area contributed by atoms with E-state index in [4.69, 9.17) is 0 Å². The van der Waals surface area contributed by atoms with E-state index in [1.54, 1.807) is 36.4 Å². The lowest BCUT2D eigenvalue weighted by Gasteiger charge is -2.30. The van der Waals surface area contributed by atoms with Crippen LogP contribution in [0.4, 0.5) is 5.69 Å². The topological polar surface area (TPSA) is 112 Å². The van der Waals surface area contributed by atoms with Crippen molar-refractivity contribution in [3.8, 4) is 17.1 Å². The zero-order valence-corrected chi connectivity index (χ0v) is 19.6. The lowest BCUT2D eigenvalue weighted by atomic mass is 9.97. The maximum atomic E-state index is 13.2.